The van der Waals surface area contributed by atoms with Gasteiger partial charge in [-0.05, 0) is 109 Å². The molecule has 6 rings (SSSR count). The van der Waals surface area contributed by atoms with Gasteiger partial charge in [-0.15, -0.1) is 0 Å². The zero-order valence-electron chi connectivity index (χ0n) is 51.6. The number of unbranched alkanes of at least 4 members (excludes halogenated alkanes) is 4. The summed E-state index contributed by atoms with van der Waals surface area (Å²) in [6.07, 6.45) is 10.9. The molecule has 0 N–H and O–H groups in total. The molecule has 0 saturated carbocycles. The molecule has 90 heavy (non-hydrogen) atoms. The maximum absolute atomic E-state index is 16.5. The highest BCUT2D eigenvalue weighted by atomic mass is 32.2. The number of fused-ring (bicyclic) bond motifs is 2. The summed E-state index contributed by atoms with van der Waals surface area (Å²) in [5.41, 5.74) is -4.69. The summed E-state index contributed by atoms with van der Waals surface area (Å²) in [7, 11) is -18.9. The lowest BCUT2D eigenvalue weighted by Gasteiger charge is -2.19. The molecule has 6 aromatic carbocycles. The molecular weight excluding hydrogens is 1270 g/mol. The van der Waals surface area contributed by atoms with E-state index in [1.807, 2.05) is 41.5 Å². The number of halogens is 8. The van der Waals surface area contributed by atoms with Crippen LogP contribution >= 0.6 is 0 Å². The number of hydrogen-bond acceptors (Lipinski definition) is 14. The first-order valence-electron chi connectivity index (χ1n) is 30.4. The van der Waals surface area contributed by atoms with E-state index in [-0.39, 0.29) is 71.6 Å². The molecule has 0 saturated heterocycles. The van der Waals surface area contributed by atoms with E-state index in [9.17, 15) is 33.7 Å². The number of rotatable bonds is 37. The summed E-state index contributed by atoms with van der Waals surface area (Å²) >= 11 is 0. The van der Waals surface area contributed by atoms with Crippen molar-refractivity contribution in [3.8, 4) is 34.1 Å². The molecule has 0 aliphatic rings. The zero-order valence-corrected chi connectivity index (χ0v) is 54.9. The minimum Gasteiger partial charge on any atom is -0.450 e. The van der Waals surface area contributed by atoms with Crippen LogP contribution in [0.25, 0.3) is 32.7 Å². The van der Waals surface area contributed by atoms with E-state index in [1.54, 1.807) is 13.8 Å². The lowest BCUT2D eigenvalue weighted by Crippen LogP contribution is -2.15. The molecule has 0 fully saturated rings. The standard InChI is InChI=1S/C64H78F8O14S4/c1-9-17-21-39(13-5)35-81-87(73,74)45-25-27-49-43(29-45)31-47(89(77,78)83-37-41(15-7)23-19-11-3)33-51(49)85-63-59(69)55(65)53(56(66)60(63)70)54-57(67)61(71)64(62(72)58(54)68)86-52-34-48(90(79,80)84-38-42(16-8)24-20-12-4)32-44-30-46(26-28-50(44)52)88(75,76)82-36-40(14-6)22-18-10-2/h25-34,39-42H,9-24,35-38H2,1-8H3. The monoisotopic (exact) mass is 1350 g/mol. The molecule has 26 heteroatoms. The van der Waals surface area contributed by atoms with Crippen LogP contribution < -0.4 is 9.47 Å². The summed E-state index contributed by atoms with van der Waals surface area (Å²) in [5, 5.41) is -1.23. The topological polar surface area (TPSA) is 192 Å². The number of ether oxygens (including phenoxy) is 2. The summed E-state index contributed by atoms with van der Waals surface area (Å²) in [4.78, 5) is -2.58. The average molecular weight is 1350 g/mol. The Hall–Kier alpha value is -5.48. The van der Waals surface area contributed by atoms with Crippen LogP contribution in [0, 0.1) is 70.2 Å². The average Bonchev–Trinajstić information content (AvgIpc) is 0.757. The van der Waals surface area contributed by atoms with Crippen LogP contribution in [0.15, 0.2) is 80.2 Å². The Bertz CT molecular complexity index is 3640. The number of benzene rings is 6. The Balaban J connectivity index is 1.46. The minimum atomic E-state index is -4.86. The SMILES string of the molecule is CCCCC(CC)COS(=O)(=O)c1ccc2c(Oc3c(F)c(F)c(-c4c(F)c(F)c(Oc5cc(S(=O)(=O)OCC(CC)CCCC)cc6cc(S(=O)(=O)OCC(CC)CCCC)ccc56)c(F)c4F)c(F)c3F)cc(S(=O)(=O)OCC(CC)CCCC)cc2c1. The van der Waals surface area contributed by atoms with E-state index in [0.29, 0.717) is 63.5 Å². The summed E-state index contributed by atoms with van der Waals surface area (Å²) in [5.74, 6) is -27.6. The maximum Gasteiger partial charge on any atom is 0.297 e. The van der Waals surface area contributed by atoms with Gasteiger partial charge in [-0.2, -0.15) is 51.2 Å². The highest BCUT2D eigenvalue weighted by molar-refractivity contribution is 7.87. The molecule has 0 spiro atoms. The van der Waals surface area contributed by atoms with Gasteiger partial charge in [0.25, 0.3) is 40.5 Å². The second-order valence-electron chi connectivity index (χ2n) is 22.4. The van der Waals surface area contributed by atoms with E-state index in [1.165, 1.54) is 0 Å². The summed E-state index contributed by atoms with van der Waals surface area (Å²) < 4.78 is 274. The van der Waals surface area contributed by atoms with Crippen molar-refractivity contribution in [3.05, 3.63) is 107 Å². The lowest BCUT2D eigenvalue weighted by atomic mass is 10.0. The maximum atomic E-state index is 16.5. The number of hydrogen-bond donors (Lipinski definition) is 0. The minimum absolute atomic E-state index is 0.147. The third-order valence-electron chi connectivity index (χ3n) is 16.0. The van der Waals surface area contributed by atoms with E-state index in [0.717, 1.165) is 99.9 Å². The van der Waals surface area contributed by atoms with Gasteiger partial charge in [-0.25, -0.2) is 17.6 Å². The van der Waals surface area contributed by atoms with Crippen LogP contribution in [-0.4, -0.2) is 60.1 Å². The highest BCUT2D eigenvalue weighted by Crippen LogP contribution is 2.46. The highest BCUT2D eigenvalue weighted by Gasteiger charge is 2.37. The van der Waals surface area contributed by atoms with Crippen LogP contribution in [0.5, 0.6) is 23.0 Å². The molecule has 4 atom stereocenters. The van der Waals surface area contributed by atoms with Crippen LogP contribution in [0.4, 0.5) is 35.1 Å². The first-order chi connectivity index (χ1) is 42.6. The van der Waals surface area contributed by atoms with Crippen LogP contribution in [-0.2, 0) is 57.2 Å². The molecule has 0 aromatic heterocycles. The fourth-order valence-corrected chi connectivity index (χ4v) is 14.1. The molecule has 4 unspecified atom stereocenters. The second kappa shape index (κ2) is 32.4. The Morgan fingerprint density at radius 2 is 0.578 bits per heavy atom. The van der Waals surface area contributed by atoms with E-state index in [4.69, 9.17) is 26.2 Å². The van der Waals surface area contributed by atoms with E-state index >= 15 is 35.1 Å². The van der Waals surface area contributed by atoms with Gasteiger partial charge >= 0.3 is 0 Å². The van der Waals surface area contributed by atoms with Crippen LogP contribution in [0.3, 0.4) is 0 Å². The Labute approximate surface area is 523 Å². The fourth-order valence-electron chi connectivity index (χ4n) is 10.0. The molecule has 498 valence electrons. The van der Waals surface area contributed by atoms with Gasteiger partial charge in [-0.1, -0.05) is 132 Å². The van der Waals surface area contributed by atoms with Gasteiger partial charge < -0.3 is 9.47 Å². The van der Waals surface area contributed by atoms with Crippen LogP contribution in [0.1, 0.15) is 158 Å². The van der Waals surface area contributed by atoms with Gasteiger partial charge in [0.2, 0.25) is 34.8 Å². The first kappa shape index (κ1) is 73.6. The smallest absolute Gasteiger partial charge is 0.297 e. The van der Waals surface area contributed by atoms with Gasteiger partial charge in [0.1, 0.15) is 11.5 Å². The predicted molar refractivity (Wildman–Crippen MR) is 325 cm³/mol. The Morgan fingerprint density at radius 1 is 0.333 bits per heavy atom. The second-order valence-corrected chi connectivity index (χ2v) is 28.8. The molecule has 0 heterocycles. The van der Waals surface area contributed by atoms with Crippen molar-refractivity contribution in [1.82, 2.24) is 0 Å². The molecule has 0 aliphatic heterocycles. The van der Waals surface area contributed by atoms with Crippen molar-refractivity contribution in [1.29, 1.82) is 0 Å². The van der Waals surface area contributed by atoms with Crippen LogP contribution in [0.2, 0.25) is 0 Å². The lowest BCUT2D eigenvalue weighted by molar-refractivity contribution is 0.238. The molecule has 6 aromatic rings. The first-order valence-corrected chi connectivity index (χ1v) is 36.0. The van der Waals surface area contributed by atoms with Crippen molar-refractivity contribution in [2.45, 2.75) is 178 Å². The van der Waals surface area contributed by atoms with Gasteiger partial charge in [0.05, 0.1) is 57.1 Å². The predicted octanol–water partition coefficient (Wildman–Crippen LogP) is 18.0. The van der Waals surface area contributed by atoms with E-state index in [2.05, 4.69) is 0 Å². The molecular formula is C64H78F8O14S4. The molecule has 0 aliphatic carbocycles. The quantitative estimate of drug-likeness (QED) is 0.0203. The summed E-state index contributed by atoms with van der Waals surface area (Å²) in [6.45, 7) is 14.0. The summed E-state index contributed by atoms with van der Waals surface area (Å²) in [6, 6.07) is 9.09. The van der Waals surface area contributed by atoms with Gasteiger partial charge in [0.15, 0.2) is 23.3 Å². The van der Waals surface area contributed by atoms with Crippen molar-refractivity contribution in [2.24, 2.45) is 23.7 Å². The Kier molecular flexibility index (Phi) is 26.5. The van der Waals surface area contributed by atoms with Crippen molar-refractivity contribution < 1.29 is 95.0 Å². The van der Waals surface area contributed by atoms with Gasteiger partial charge in [0, 0.05) is 22.9 Å². The molecule has 0 bridgehead atoms. The third-order valence-corrected chi connectivity index (χ3v) is 21.1. The largest absolute Gasteiger partial charge is 0.450 e. The zero-order chi connectivity index (χ0) is 66.5. The van der Waals surface area contributed by atoms with E-state index < -0.39 is 141 Å². The van der Waals surface area contributed by atoms with Crippen molar-refractivity contribution in [3.63, 3.8) is 0 Å². The molecule has 0 radical (unpaired) electrons. The third kappa shape index (κ3) is 17.6. The fraction of sp³-hybridized carbons (Fsp3) is 0.500. The van der Waals surface area contributed by atoms with Crippen molar-refractivity contribution >= 4 is 62.0 Å². The Morgan fingerprint density at radius 3 is 0.822 bits per heavy atom. The van der Waals surface area contributed by atoms with Gasteiger partial charge in [-0.3, -0.25) is 16.7 Å². The molecule has 14 nitrogen and oxygen atoms in total. The van der Waals surface area contributed by atoms with Crippen molar-refractivity contribution in [2.75, 3.05) is 26.4 Å². The molecule has 0 amide bonds. The normalized spacial score (nSPS) is 13.9.